The molecule has 0 atom stereocenters. The zero-order chi connectivity index (χ0) is 19.9. The Labute approximate surface area is 165 Å². The first-order valence-electron chi connectivity index (χ1n) is 9.43. The van der Waals surface area contributed by atoms with Gasteiger partial charge in [0.05, 0.1) is 13.5 Å². The molecule has 2 aromatic carbocycles. The lowest BCUT2D eigenvalue weighted by Gasteiger charge is -2.36. The molecule has 6 nitrogen and oxygen atoms in total. The molecule has 1 aliphatic heterocycles. The van der Waals surface area contributed by atoms with Gasteiger partial charge in [-0.25, -0.2) is 0 Å². The number of hydrogen-bond donors (Lipinski definition) is 0. The van der Waals surface area contributed by atoms with Crippen molar-refractivity contribution in [2.24, 2.45) is 0 Å². The number of ether oxygens (including phenoxy) is 2. The van der Waals surface area contributed by atoms with Gasteiger partial charge in [0, 0.05) is 31.9 Å². The molecule has 0 aliphatic carbocycles. The molecule has 1 aliphatic rings. The van der Waals surface area contributed by atoms with Gasteiger partial charge in [0.15, 0.2) is 6.61 Å². The normalized spacial score (nSPS) is 13.9. The van der Waals surface area contributed by atoms with E-state index in [1.165, 1.54) is 0 Å². The van der Waals surface area contributed by atoms with Crippen LogP contribution in [0.25, 0.3) is 0 Å². The molecular formula is C22H26N2O4. The van der Waals surface area contributed by atoms with Gasteiger partial charge in [0.25, 0.3) is 5.91 Å². The molecule has 28 heavy (non-hydrogen) atoms. The maximum Gasteiger partial charge on any atom is 0.310 e. The Hall–Kier alpha value is -3.02. The standard InChI is InChI=1S/C22H26N2O4/c1-17-4-3-5-18(14-17)15-22(26)28-16-21(25)24-12-10-23(11-13-24)19-6-8-20(27-2)9-7-19/h3-9,14H,10-13,15-16H2,1-2H3. The molecule has 0 N–H and O–H groups in total. The van der Waals surface area contributed by atoms with Gasteiger partial charge in [-0.2, -0.15) is 0 Å². The summed E-state index contributed by atoms with van der Waals surface area (Å²) in [5.74, 6) is 0.299. The molecule has 1 amide bonds. The van der Waals surface area contributed by atoms with Crippen LogP contribution in [0.1, 0.15) is 11.1 Å². The van der Waals surface area contributed by atoms with Crippen LogP contribution in [0.5, 0.6) is 5.75 Å². The zero-order valence-corrected chi connectivity index (χ0v) is 16.4. The van der Waals surface area contributed by atoms with Crippen LogP contribution in [0, 0.1) is 6.92 Å². The van der Waals surface area contributed by atoms with Gasteiger partial charge in [-0.3, -0.25) is 9.59 Å². The van der Waals surface area contributed by atoms with Gasteiger partial charge in [-0.1, -0.05) is 29.8 Å². The van der Waals surface area contributed by atoms with E-state index in [0.29, 0.717) is 13.1 Å². The summed E-state index contributed by atoms with van der Waals surface area (Å²) >= 11 is 0. The van der Waals surface area contributed by atoms with Crippen molar-refractivity contribution in [3.05, 3.63) is 59.7 Å². The second kappa shape index (κ2) is 9.26. The van der Waals surface area contributed by atoms with E-state index in [9.17, 15) is 9.59 Å². The zero-order valence-electron chi connectivity index (χ0n) is 16.4. The van der Waals surface area contributed by atoms with Gasteiger partial charge in [0.2, 0.25) is 0 Å². The maximum absolute atomic E-state index is 12.3. The SMILES string of the molecule is COc1ccc(N2CCN(C(=O)COC(=O)Cc3cccc(C)c3)CC2)cc1. The summed E-state index contributed by atoms with van der Waals surface area (Å²) in [6, 6.07) is 15.6. The minimum Gasteiger partial charge on any atom is -0.497 e. The minimum absolute atomic E-state index is 0.146. The molecule has 0 saturated carbocycles. The molecule has 0 radical (unpaired) electrons. The van der Waals surface area contributed by atoms with Crippen LogP contribution in [0.15, 0.2) is 48.5 Å². The molecule has 1 fully saturated rings. The smallest absolute Gasteiger partial charge is 0.310 e. The van der Waals surface area contributed by atoms with E-state index in [4.69, 9.17) is 9.47 Å². The molecule has 0 aromatic heterocycles. The number of piperazine rings is 1. The largest absolute Gasteiger partial charge is 0.497 e. The summed E-state index contributed by atoms with van der Waals surface area (Å²) in [6.45, 7) is 4.49. The average Bonchev–Trinajstić information content (AvgIpc) is 2.72. The average molecular weight is 382 g/mol. The Bertz CT molecular complexity index is 812. The number of methoxy groups -OCH3 is 1. The third-order valence-corrected chi connectivity index (χ3v) is 4.86. The lowest BCUT2D eigenvalue weighted by Crippen LogP contribution is -2.49. The van der Waals surface area contributed by atoms with Gasteiger partial charge in [-0.15, -0.1) is 0 Å². The fourth-order valence-electron chi connectivity index (χ4n) is 3.28. The van der Waals surface area contributed by atoms with Gasteiger partial charge in [0.1, 0.15) is 5.75 Å². The van der Waals surface area contributed by atoms with Crippen LogP contribution in [0.2, 0.25) is 0 Å². The van der Waals surface area contributed by atoms with Gasteiger partial charge < -0.3 is 19.3 Å². The van der Waals surface area contributed by atoms with Crippen molar-refractivity contribution < 1.29 is 19.1 Å². The first kappa shape index (κ1) is 19.7. The lowest BCUT2D eigenvalue weighted by molar-refractivity contribution is -0.151. The van der Waals surface area contributed by atoms with Crippen molar-refractivity contribution >= 4 is 17.6 Å². The quantitative estimate of drug-likeness (QED) is 0.719. The van der Waals surface area contributed by atoms with Crippen molar-refractivity contribution in [3.8, 4) is 5.75 Å². The number of esters is 1. The highest BCUT2D eigenvalue weighted by Crippen LogP contribution is 2.20. The number of benzene rings is 2. The molecule has 3 rings (SSSR count). The number of carbonyl (C=O) groups is 2. The molecule has 2 aromatic rings. The molecule has 148 valence electrons. The van der Waals surface area contributed by atoms with E-state index in [1.54, 1.807) is 12.0 Å². The fraction of sp³-hybridized carbons (Fsp3) is 0.364. The number of anilines is 1. The Morgan fingerprint density at radius 2 is 1.71 bits per heavy atom. The van der Waals surface area contributed by atoms with Crippen molar-refractivity contribution in [1.29, 1.82) is 0 Å². The third kappa shape index (κ3) is 5.25. The van der Waals surface area contributed by atoms with E-state index in [2.05, 4.69) is 4.90 Å². The summed E-state index contributed by atoms with van der Waals surface area (Å²) in [5.41, 5.74) is 3.10. The summed E-state index contributed by atoms with van der Waals surface area (Å²) in [6.07, 6.45) is 0.181. The van der Waals surface area contributed by atoms with Crippen LogP contribution >= 0.6 is 0 Å². The second-order valence-corrected chi connectivity index (χ2v) is 6.89. The monoisotopic (exact) mass is 382 g/mol. The molecular weight excluding hydrogens is 356 g/mol. The van der Waals surface area contributed by atoms with E-state index in [1.807, 2.05) is 55.5 Å². The van der Waals surface area contributed by atoms with Crippen LogP contribution in [0.4, 0.5) is 5.69 Å². The topological polar surface area (TPSA) is 59.1 Å². The number of carbonyl (C=O) groups excluding carboxylic acids is 2. The summed E-state index contributed by atoms with van der Waals surface area (Å²) in [7, 11) is 1.65. The molecule has 6 heteroatoms. The fourth-order valence-corrected chi connectivity index (χ4v) is 3.28. The molecule has 1 saturated heterocycles. The molecule has 0 bridgehead atoms. The summed E-state index contributed by atoms with van der Waals surface area (Å²) < 4.78 is 10.4. The first-order chi connectivity index (χ1) is 13.5. The number of aryl methyl sites for hydroxylation is 1. The third-order valence-electron chi connectivity index (χ3n) is 4.86. The van der Waals surface area contributed by atoms with Crippen molar-refractivity contribution in [3.63, 3.8) is 0 Å². The van der Waals surface area contributed by atoms with Crippen LogP contribution in [-0.4, -0.2) is 56.7 Å². The van der Waals surface area contributed by atoms with Crippen molar-refractivity contribution in [2.75, 3.05) is 44.8 Å². The van der Waals surface area contributed by atoms with Crippen molar-refractivity contribution in [2.45, 2.75) is 13.3 Å². The molecule has 0 unspecified atom stereocenters. The molecule has 0 spiro atoms. The Morgan fingerprint density at radius 1 is 1.00 bits per heavy atom. The minimum atomic E-state index is -0.379. The number of rotatable bonds is 6. The Balaban J connectivity index is 1.42. The summed E-state index contributed by atoms with van der Waals surface area (Å²) in [5, 5.41) is 0. The Kier molecular flexibility index (Phi) is 6.53. The summed E-state index contributed by atoms with van der Waals surface area (Å²) in [4.78, 5) is 28.3. The maximum atomic E-state index is 12.3. The van der Waals surface area contributed by atoms with E-state index in [-0.39, 0.29) is 24.9 Å². The van der Waals surface area contributed by atoms with Crippen LogP contribution in [-0.2, 0) is 20.7 Å². The Morgan fingerprint density at radius 3 is 2.36 bits per heavy atom. The van der Waals surface area contributed by atoms with Crippen LogP contribution < -0.4 is 9.64 Å². The second-order valence-electron chi connectivity index (χ2n) is 6.89. The predicted octanol–water partition coefficient (Wildman–Crippen LogP) is 2.44. The highest BCUT2D eigenvalue weighted by molar-refractivity contribution is 5.81. The van der Waals surface area contributed by atoms with E-state index < -0.39 is 0 Å². The highest BCUT2D eigenvalue weighted by Gasteiger charge is 2.22. The predicted molar refractivity (Wildman–Crippen MR) is 108 cm³/mol. The van der Waals surface area contributed by atoms with E-state index in [0.717, 1.165) is 35.7 Å². The lowest BCUT2D eigenvalue weighted by atomic mass is 10.1. The van der Waals surface area contributed by atoms with Crippen LogP contribution in [0.3, 0.4) is 0 Å². The van der Waals surface area contributed by atoms with E-state index >= 15 is 0 Å². The number of nitrogens with zero attached hydrogens (tertiary/aromatic N) is 2. The van der Waals surface area contributed by atoms with Gasteiger partial charge >= 0.3 is 5.97 Å². The highest BCUT2D eigenvalue weighted by atomic mass is 16.5. The van der Waals surface area contributed by atoms with Crippen molar-refractivity contribution in [1.82, 2.24) is 4.90 Å². The number of hydrogen-bond acceptors (Lipinski definition) is 5. The number of amides is 1. The van der Waals surface area contributed by atoms with Gasteiger partial charge in [-0.05, 0) is 36.8 Å². The first-order valence-corrected chi connectivity index (χ1v) is 9.43. The molecule has 1 heterocycles.